The summed E-state index contributed by atoms with van der Waals surface area (Å²) in [5.74, 6) is -0.332. The third kappa shape index (κ3) is 5.09. The predicted molar refractivity (Wildman–Crippen MR) is 95.7 cm³/mol. The number of carbonyl (C=O) groups excluding carboxylic acids is 2. The van der Waals surface area contributed by atoms with Crippen LogP contribution in [-0.4, -0.2) is 44.3 Å². The highest BCUT2D eigenvalue weighted by Gasteiger charge is 2.20. The minimum Gasteiger partial charge on any atom is -0.352 e. The molecular weight excluding hydrogens is 340 g/mol. The third-order valence-corrected chi connectivity index (χ3v) is 4.15. The molecule has 0 bridgehead atoms. The summed E-state index contributed by atoms with van der Waals surface area (Å²) in [5.41, 5.74) is 1.40. The first kappa shape index (κ1) is 19.0. The van der Waals surface area contributed by atoms with Crippen molar-refractivity contribution in [2.75, 3.05) is 13.1 Å². The zero-order valence-corrected chi connectivity index (χ0v) is 16.0. The van der Waals surface area contributed by atoms with Crippen LogP contribution >= 0.6 is 11.5 Å². The van der Waals surface area contributed by atoms with Crippen molar-refractivity contribution in [3.8, 4) is 0 Å². The first-order chi connectivity index (χ1) is 11.7. The smallest absolute Gasteiger partial charge is 0.272 e. The zero-order chi connectivity index (χ0) is 18.6. The summed E-state index contributed by atoms with van der Waals surface area (Å²) in [6.07, 6.45) is 1.77. The van der Waals surface area contributed by atoms with Gasteiger partial charge in [0.15, 0.2) is 5.69 Å². The van der Waals surface area contributed by atoms with Gasteiger partial charge in [0.05, 0.1) is 16.8 Å². The summed E-state index contributed by atoms with van der Waals surface area (Å²) < 4.78 is 5.45. The maximum absolute atomic E-state index is 12.4. The van der Waals surface area contributed by atoms with Crippen LogP contribution in [0.2, 0.25) is 0 Å². The van der Waals surface area contributed by atoms with E-state index in [9.17, 15) is 9.59 Å². The summed E-state index contributed by atoms with van der Waals surface area (Å²) in [6.45, 7) is 10.8. The molecule has 2 amide bonds. The first-order valence-electron chi connectivity index (χ1n) is 8.08. The van der Waals surface area contributed by atoms with Crippen LogP contribution in [0.4, 0.5) is 0 Å². The fourth-order valence-corrected chi connectivity index (χ4v) is 2.52. The van der Waals surface area contributed by atoms with Crippen LogP contribution in [0.25, 0.3) is 0 Å². The third-order valence-electron chi connectivity index (χ3n) is 3.65. The van der Waals surface area contributed by atoms with Crippen LogP contribution < -0.4 is 10.6 Å². The molecule has 0 aliphatic heterocycles. The Morgan fingerprint density at radius 3 is 2.40 bits per heavy atom. The Labute approximate surface area is 151 Å². The molecule has 2 N–H and O–H groups in total. The maximum atomic E-state index is 12.4. The molecule has 0 spiro atoms. The number of rotatable bonds is 6. The van der Waals surface area contributed by atoms with Crippen molar-refractivity contribution in [3.05, 3.63) is 28.5 Å². The van der Waals surface area contributed by atoms with E-state index >= 15 is 0 Å². The van der Waals surface area contributed by atoms with Gasteiger partial charge in [0.1, 0.15) is 0 Å². The van der Waals surface area contributed by atoms with E-state index < -0.39 is 0 Å². The standard InChI is InChI=1S/C16H24N6O2S/c1-10(7-18-15(24)13-9-25-21-19-13)6-17-14(23)12-8-22(16(3,4)5)20-11(12)2/h8-10H,6-7H2,1-5H3,(H,17,23)(H,18,24)/t10-/m1/s1. The molecule has 0 aromatic carbocycles. The Kier molecular flexibility index (Phi) is 5.89. The number of carbonyl (C=O) groups is 2. The lowest BCUT2D eigenvalue weighted by Gasteiger charge is -2.18. The molecule has 0 radical (unpaired) electrons. The summed E-state index contributed by atoms with van der Waals surface area (Å²) in [4.78, 5) is 24.2. The van der Waals surface area contributed by atoms with E-state index in [0.29, 0.717) is 30.0 Å². The van der Waals surface area contributed by atoms with E-state index in [4.69, 9.17) is 0 Å². The van der Waals surface area contributed by atoms with Crippen LogP contribution in [0, 0.1) is 12.8 Å². The number of aryl methyl sites for hydroxylation is 1. The van der Waals surface area contributed by atoms with E-state index in [1.165, 1.54) is 0 Å². The van der Waals surface area contributed by atoms with Gasteiger partial charge in [-0.05, 0) is 45.1 Å². The van der Waals surface area contributed by atoms with Gasteiger partial charge in [-0.2, -0.15) is 5.10 Å². The summed E-state index contributed by atoms with van der Waals surface area (Å²) >= 11 is 1.13. The van der Waals surface area contributed by atoms with E-state index in [2.05, 4.69) is 25.3 Å². The molecule has 2 heterocycles. The number of nitrogens with zero attached hydrogens (tertiary/aromatic N) is 4. The second kappa shape index (κ2) is 7.73. The number of aromatic nitrogens is 4. The van der Waals surface area contributed by atoms with Crippen LogP contribution in [0.5, 0.6) is 0 Å². The minimum absolute atomic E-state index is 0.0810. The molecule has 2 rings (SSSR count). The molecule has 2 aromatic rings. The molecule has 2 aromatic heterocycles. The average Bonchev–Trinajstić information content (AvgIpc) is 3.19. The minimum atomic E-state index is -0.255. The van der Waals surface area contributed by atoms with Gasteiger partial charge in [0.2, 0.25) is 0 Å². The molecule has 0 saturated carbocycles. The van der Waals surface area contributed by atoms with Crippen molar-refractivity contribution in [1.82, 2.24) is 30.0 Å². The van der Waals surface area contributed by atoms with E-state index in [1.54, 1.807) is 16.3 Å². The first-order valence-corrected chi connectivity index (χ1v) is 8.92. The van der Waals surface area contributed by atoms with Gasteiger partial charge in [-0.15, -0.1) is 5.10 Å². The van der Waals surface area contributed by atoms with Gasteiger partial charge in [-0.1, -0.05) is 11.4 Å². The monoisotopic (exact) mass is 364 g/mol. The summed E-state index contributed by atoms with van der Waals surface area (Å²) in [7, 11) is 0. The van der Waals surface area contributed by atoms with Crippen molar-refractivity contribution >= 4 is 23.3 Å². The Morgan fingerprint density at radius 2 is 1.88 bits per heavy atom. The topological polar surface area (TPSA) is 102 Å². The van der Waals surface area contributed by atoms with Crippen LogP contribution in [-0.2, 0) is 5.54 Å². The number of hydrogen-bond donors (Lipinski definition) is 2. The largest absolute Gasteiger partial charge is 0.352 e. The molecule has 8 nitrogen and oxygen atoms in total. The van der Waals surface area contributed by atoms with Crippen LogP contribution in [0.15, 0.2) is 11.6 Å². The molecule has 0 aliphatic carbocycles. The molecule has 0 fully saturated rings. The molecule has 25 heavy (non-hydrogen) atoms. The van der Waals surface area contributed by atoms with Gasteiger partial charge in [0.25, 0.3) is 11.8 Å². The lowest BCUT2D eigenvalue weighted by molar-refractivity contribution is 0.0938. The molecule has 0 aliphatic rings. The number of hydrogen-bond acceptors (Lipinski definition) is 6. The van der Waals surface area contributed by atoms with Crippen molar-refractivity contribution in [2.45, 2.75) is 40.2 Å². The van der Waals surface area contributed by atoms with Crippen molar-refractivity contribution in [1.29, 1.82) is 0 Å². The Hall–Kier alpha value is -2.29. The Bertz CT molecular complexity index is 732. The highest BCUT2D eigenvalue weighted by Crippen LogP contribution is 2.16. The molecule has 0 unspecified atom stereocenters. The SMILES string of the molecule is Cc1nn(C(C)(C)C)cc1C(=O)NC[C@@H](C)CNC(=O)c1csnn1. The zero-order valence-electron chi connectivity index (χ0n) is 15.2. The normalized spacial score (nSPS) is 12.7. The predicted octanol–water partition coefficient (Wildman–Crippen LogP) is 1.59. The van der Waals surface area contributed by atoms with E-state index in [0.717, 1.165) is 11.5 Å². The molecule has 0 saturated heterocycles. The highest BCUT2D eigenvalue weighted by atomic mass is 32.1. The highest BCUT2D eigenvalue weighted by molar-refractivity contribution is 7.03. The van der Waals surface area contributed by atoms with Crippen molar-refractivity contribution < 1.29 is 9.59 Å². The fourth-order valence-electron chi connectivity index (χ4n) is 2.08. The second-order valence-electron chi connectivity index (χ2n) is 7.06. The lowest BCUT2D eigenvalue weighted by Crippen LogP contribution is -2.35. The molecule has 136 valence electrons. The molecular formula is C16H24N6O2S. The van der Waals surface area contributed by atoms with E-state index in [1.807, 2.05) is 34.6 Å². The van der Waals surface area contributed by atoms with E-state index in [-0.39, 0.29) is 23.3 Å². The fraction of sp³-hybridized carbons (Fsp3) is 0.562. The number of nitrogens with one attached hydrogen (secondary N) is 2. The number of amides is 2. The Balaban J connectivity index is 1.83. The van der Waals surface area contributed by atoms with Gasteiger partial charge >= 0.3 is 0 Å². The molecule has 1 atom stereocenters. The average molecular weight is 364 g/mol. The Morgan fingerprint density at radius 1 is 1.24 bits per heavy atom. The molecule has 9 heteroatoms. The van der Waals surface area contributed by atoms with Crippen LogP contribution in [0.3, 0.4) is 0 Å². The van der Waals surface area contributed by atoms with Gasteiger partial charge in [-0.3, -0.25) is 14.3 Å². The van der Waals surface area contributed by atoms with Crippen LogP contribution in [0.1, 0.15) is 54.2 Å². The van der Waals surface area contributed by atoms with Gasteiger partial charge < -0.3 is 10.6 Å². The second-order valence-corrected chi connectivity index (χ2v) is 7.67. The van der Waals surface area contributed by atoms with Gasteiger partial charge in [0, 0.05) is 24.7 Å². The lowest BCUT2D eigenvalue weighted by atomic mass is 10.1. The summed E-state index contributed by atoms with van der Waals surface area (Å²) in [6, 6.07) is 0. The maximum Gasteiger partial charge on any atom is 0.272 e. The van der Waals surface area contributed by atoms with Crippen molar-refractivity contribution in [3.63, 3.8) is 0 Å². The quantitative estimate of drug-likeness (QED) is 0.810. The van der Waals surface area contributed by atoms with Crippen molar-refractivity contribution in [2.24, 2.45) is 5.92 Å². The summed E-state index contributed by atoms with van der Waals surface area (Å²) in [5, 5.41) is 15.4. The van der Waals surface area contributed by atoms with Gasteiger partial charge in [-0.25, -0.2) is 0 Å².